The third kappa shape index (κ3) is 4.51. The van der Waals surface area contributed by atoms with Gasteiger partial charge >= 0.3 is 6.03 Å². The fraction of sp³-hybridized carbons (Fsp3) is 0.467. The molecule has 0 spiro atoms. The molecule has 1 heterocycles. The standard InChI is InChI=1S/C15H20FN3O3S/c1-10-6-7-11(16)9-12(10)17-15(21)19-8-4-5-13(19)14(20)18-23(2,3)22/h6-7,9,13H,4-5,8H2,1-3H3,(H,17,21)/t13-/m0/s1. The van der Waals surface area contributed by atoms with Crippen LogP contribution in [0.5, 0.6) is 0 Å². The minimum Gasteiger partial charge on any atom is -0.312 e. The number of hydrogen-bond donors (Lipinski definition) is 1. The maximum absolute atomic E-state index is 13.3. The summed E-state index contributed by atoms with van der Waals surface area (Å²) >= 11 is 0. The molecule has 2 rings (SSSR count). The van der Waals surface area contributed by atoms with Gasteiger partial charge < -0.3 is 10.2 Å². The van der Waals surface area contributed by atoms with E-state index in [0.717, 1.165) is 5.56 Å². The van der Waals surface area contributed by atoms with Crippen molar-refractivity contribution in [3.8, 4) is 0 Å². The molecule has 126 valence electrons. The highest BCUT2D eigenvalue weighted by molar-refractivity contribution is 7.92. The summed E-state index contributed by atoms with van der Waals surface area (Å²) in [6.45, 7) is 2.15. The van der Waals surface area contributed by atoms with Crippen LogP contribution in [-0.4, -0.2) is 46.1 Å². The fourth-order valence-electron chi connectivity index (χ4n) is 2.46. The Balaban J connectivity index is 2.16. The van der Waals surface area contributed by atoms with Crippen molar-refractivity contribution in [1.29, 1.82) is 0 Å². The van der Waals surface area contributed by atoms with E-state index in [0.29, 0.717) is 25.1 Å². The summed E-state index contributed by atoms with van der Waals surface area (Å²) in [7, 11) is -2.56. The van der Waals surface area contributed by atoms with Gasteiger partial charge in [-0.3, -0.25) is 4.79 Å². The summed E-state index contributed by atoms with van der Waals surface area (Å²) in [6.07, 6.45) is 3.89. The van der Waals surface area contributed by atoms with E-state index in [4.69, 9.17) is 0 Å². The second kappa shape index (κ2) is 6.66. The molecule has 0 radical (unpaired) electrons. The summed E-state index contributed by atoms with van der Waals surface area (Å²) in [6, 6.07) is 2.91. The van der Waals surface area contributed by atoms with E-state index in [1.54, 1.807) is 13.0 Å². The van der Waals surface area contributed by atoms with E-state index in [1.807, 2.05) is 0 Å². The zero-order valence-electron chi connectivity index (χ0n) is 13.3. The lowest BCUT2D eigenvalue weighted by atomic mass is 10.2. The lowest BCUT2D eigenvalue weighted by molar-refractivity contribution is -0.121. The number of hydrogen-bond acceptors (Lipinski definition) is 3. The lowest BCUT2D eigenvalue weighted by Gasteiger charge is -2.23. The minimum absolute atomic E-state index is 0.361. The van der Waals surface area contributed by atoms with Crippen molar-refractivity contribution < 1.29 is 18.2 Å². The first-order valence-corrected chi connectivity index (χ1v) is 9.55. The zero-order valence-corrected chi connectivity index (χ0v) is 14.2. The molecule has 0 aromatic heterocycles. The predicted molar refractivity (Wildman–Crippen MR) is 87.3 cm³/mol. The van der Waals surface area contributed by atoms with Crippen LogP contribution in [0.25, 0.3) is 0 Å². The molecule has 3 amide bonds. The van der Waals surface area contributed by atoms with Gasteiger partial charge in [-0.15, -0.1) is 0 Å². The molecule has 0 aliphatic carbocycles. The molecule has 1 saturated heterocycles. The van der Waals surface area contributed by atoms with Gasteiger partial charge in [0.25, 0.3) is 5.91 Å². The summed E-state index contributed by atoms with van der Waals surface area (Å²) in [5, 5.41) is 2.62. The average Bonchev–Trinajstić information content (AvgIpc) is 2.90. The quantitative estimate of drug-likeness (QED) is 0.897. The number of rotatable bonds is 2. The summed E-state index contributed by atoms with van der Waals surface area (Å²) < 4.78 is 28.6. The molecular formula is C15H20FN3O3S. The number of carbonyl (C=O) groups excluding carboxylic acids is 2. The van der Waals surface area contributed by atoms with Crippen LogP contribution in [0.3, 0.4) is 0 Å². The number of nitrogens with one attached hydrogen (secondary N) is 1. The van der Waals surface area contributed by atoms with Crippen molar-refractivity contribution in [2.24, 2.45) is 4.36 Å². The van der Waals surface area contributed by atoms with Gasteiger partial charge in [-0.25, -0.2) is 13.4 Å². The van der Waals surface area contributed by atoms with Crippen LogP contribution < -0.4 is 5.32 Å². The van der Waals surface area contributed by atoms with Gasteiger partial charge in [-0.05, 0) is 37.5 Å². The molecule has 8 heteroatoms. The van der Waals surface area contributed by atoms with Crippen molar-refractivity contribution in [2.75, 3.05) is 24.4 Å². The van der Waals surface area contributed by atoms with Crippen molar-refractivity contribution >= 4 is 27.4 Å². The highest BCUT2D eigenvalue weighted by atomic mass is 32.2. The van der Waals surface area contributed by atoms with Crippen LogP contribution in [0.2, 0.25) is 0 Å². The van der Waals surface area contributed by atoms with Gasteiger partial charge in [0.1, 0.15) is 11.9 Å². The molecule has 0 saturated carbocycles. The first-order chi connectivity index (χ1) is 10.7. The highest BCUT2D eigenvalue weighted by Crippen LogP contribution is 2.22. The van der Waals surface area contributed by atoms with E-state index < -0.39 is 33.5 Å². The molecule has 0 bridgehead atoms. The Morgan fingerprint density at radius 3 is 2.74 bits per heavy atom. The number of carbonyl (C=O) groups is 2. The van der Waals surface area contributed by atoms with Crippen LogP contribution in [0, 0.1) is 12.7 Å². The normalized spacial score (nSPS) is 17.9. The smallest absolute Gasteiger partial charge is 0.312 e. The Morgan fingerprint density at radius 1 is 1.39 bits per heavy atom. The molecule has 1 aromatic rings. The number of anilines is 1. The molecule has 1 atom stereocenters. The third-order valence-electron chi connectivity index (χ3n) is 3.55. The van der Waals surface area contributed by atoms with Gasteiger partial charge in [0.05, 0.1) is 0 Å². The molecule has 1 N–H and O–H groups in total. The number of amides is 3. The number of aryl methyl sites for hydroxylation is 1. The molecule has 1 aliphatic rings. The molecule has 6 nitrogen and oxygen atoms in total. The Bertz CT molecular complexity index is 748. The summed E-state index contributed by atoms with van der Waals surface area (Å²) in [5.74, 6) is -1.00. The monoisotopic (exact) mass is 341 g/mol. The summed E-state index contributed by atoms with van der Waals surface area (Å²) in [4.78, 5) is 25.9. The van der Waals surface area contributed by atoms with E-state index in [9.17, 15) is 18.2 Å². The van der Waals surface area contributed by atoms with E-state index in [-0.39, 0.29) is 0 Å². The minimum atomic E-state index is -2.56. The second-order valence-electron chi connectivity index (χ2n) is 5.85. The third-order valence-corrected chi connectivity index (χ3v) is 4.17. The number of urea groups is 1. The Hall–Kier alpha value is -1.96. The molecule has 1 aromatic carbocycles. The maximum atomic E-state index is 13.3. The molecule has 23 heavy (non-hydrogen) atoms. The average molecular weight is 341 g/mol. The predicted octanol–water partition coefficient (Wildman–Crippen LogP) is 2.38. The van der Waals surface area contributed by atoms with E-state index >= 15 is 0 Å². The van der Waals surface area contributed by atoms with E-state index in [1.165, 1.54) is 29.5 Å². The van der Waals surface area contributed by atoms with Crippen LogP contribution in [0.1, 0.15) is 18.4 Å². The fourth-order valence-corrected chi connectivity index (χ4v) is 3.01. The van der Waals surface area contributed by atoms with Crippen LogP contribution in [0.15, 0.2) is 22.6 Å². The number of benzene rings is 1. The lowest BCUT2D eigenvalue weighted by Crippen LogP contribution is -2.42. The van der Waals surface area contributed by atoms with Crippen molar-refractivity contribution in [1.82, 2.24) is 4.90 Å². The van der Waals surface area contributed by atoms with Crippen LogP contribution in [0.4, 0.5) is 14.9 Å². The van der Waals surface area contributed by atoms with Crippen LogP contribution >= 0.6 is 0 Å². The van der Waals surface area contributed by atoms with Crippen LogP contribution in [-0.2, 0) is 14.5 Å². The van der Waals surface area contributed by atoms with Gasteiger partial charge in [0, 0.05) is 34.5 Å². The Morgan fingerprint density at radius 2 is 2.09 bits per heavy atom. The van der Waals surface area contributed by atoms with Gasteiger partial charge in [-0.2, -0.15) is 4.36 Å². The maximum Gasteiger partial charge on any atom is 0.322 e. The van der Waals surface area contributed by atoms with E-state index in [2.05, 4.69) is 9.68 Å². The topological polar surface area (TPSA) is 78.8 Å². The summed E-state index contributed by atoms with van der Waals surface area (Å²) in [5.41, 5.74) is 1.08. The Labute approximate surface area is 135 Å². The highest BCUT2D eigenvalue weighted by Gasteiger charge is 2.34. The number of halogens is 1. The van der Waals surface area contributed by atoms with Crippen molar-refractivity contribution in [3.63, 3.8) is 0 Å². The SMILES string of the molecule is Cc1ccc(F)cc1NC(=O)N1CCC[C@H]1C(=O)N=S(C)(C)=O. The number of nitrogens with zero attached hydrogens (tertiary/aromatic N) is 2. The zero-order chi connectivity index (χ0) is 17.2. The van der Waals surface area contributed by atoms with Crippen molar-refractivity contribution in [2.45, 2.75) is 25.8 Å². The first-order valence-electron chi connectivity index (χ1n) is 7.22. The number of likely N-dealkylation sites (tertiary alicyclic amines) is 1. The largest absolute Gasteiger partial charge is 0.322 e. The first kappa shape index (κ1) is 17.4. The Kier molecular flexibility index (Phi) is 5.03. The van der Waals surface area contributed by atoms with Crippen molar-refractivity contribution in [3.05, 3.63) is 29.6 Å². The second-order valence-corrected chi connectivity index (χ2v) is 8.40. The molecule has 0 unspecified atom stereocenters. The van der Waals surface area contributed by atoms with Gasteiger partial charge in [0.15, 0.2) is 0 Å². The molecule has 1 aliphatic heterocycles. The van der Waals surface area contributed by atoms with Gasteiger partial charge in [0.2, 0.25) is 0 Å². The molecular weight excluding hydrogens is 321 g/mol. The van der Waals surface area contributed by atoms with Gasteiger partial charge in [-0.1, -0.05) is 6.07 Å². The molecule has 1 fully saturated rings.